The van der Waals surface area contributed by atoms with E-state index in [4.69, 9.17) is 59.0 Å². The number of terminal acetylenes is 1. The second-order valence-electron chi connectivity index (χ2n) is 13.8. The number of ketones is 1. The van der Waals surface area contributed by atoms with Gasteiger partial charge in [0.25, 0.3) is 0 Å². The molecule has 4 N–H and O–H groups in total. The maximum Gasteiger partial charge on any atom is 0.442 e. The fraction of sp³-hybridized carbons (Fsp3) is 0.400. The van der Waals surface area contributed by atoms with Crippen molar-refractivity contribution >= 4 is 52.2 Å². The van der Waals surface area contributed by atoms with Crippen molar-refractivity contribution < 1.29 is 59.4 Å². The third-order valence-electron chi connectivity index (χ3n) is 7.65. The molecule has 15 nitrogen and oxygen atoms in total. The molecule has 2 aromatic heterocycles. The van der Waals surface area contributed by atoms with Crippen molar-refractivity contribution in [2.45, 2.75) is 68.5 Å². The van der Waals surface area contributed by atoms with E-state index < -0.39 is 62.8 Å². The number of carboxylic acids is 1. The van der Waals surface area contributed by atoms with Crippen LogP contribution in [0, 0.1) is 12.3 Å². The highest BCUT2D eigenvalue weighted by molar-refractivity contribution is 7.90. The van der Waals surface area contributed by atoms with E-state index in [9.17, 15) is 40.5 Å². The summed E-state index contributed by atoms with van der Waals surface area (Å²) in [5, 5.41) is 16.5. The maximum absolute atomic E-state index is 12.8. The number of carboxylic acid groups (broad SMARTS) is 1. The zero-order valence-corrected chi connectivity index (χ0v) is 34.2. The quantitative estimate of drug-likeness (QED) is 0.0848. The number of benzene rings is 2. The SMILES string of the molecule is C#CCOc1cc(-n2nc(C(C)(C)C)oc2=O)c(Cl)cc1Cl.CP(=O)(O)CCC(N)C(=O)O.CS(=O)(=O)c1cc(C(F)(F)F)ccc1C(=O)c1cnoc1C1CC1. The van der Waals surface area contributed by atoms with Crippen molar-refractivity contribution in [3.8, 4) is 23.8 Å². The van der Waals surface area contributed by atoms with Gasteiger partial charge in [-0.15, -0.1) is 11.5 Å². The zero-order valence-electron chi connectivity index (χ0n) is 31.0. The summed E-state index contributed by atoms with van der Waals surface area (Å²) in [5.74, 6) is 0.841. The molecule has 1 saturated carbocycles. The lowest BCUT2D eigenvalue weighted by Crippen LogP contribution is -2.30. The summed E-state index contributed by atoms with van der Waals surface area (Å²) in [6.45, 7) is 6.87. The molecule has 1 aliphatic rings. The monoisotopic (exact) mass is 880 g/mol. The standard InChI is InChI=1S/C15H14Cl2N2O3.C15H12F3NO4S.C5H12NO4P/c1-5-6-21-12-8-11(9(16)7-10(12)17)19-14(20)22-13(18-19)15(2,3)4;1-24(21,22)12-6-9(15(16,17)18)4-5-10(12)13(20)11-7-19-23-14(11)8-2-3-8;1-11(9,10)3-2-4(6)5(7)8/h1,7-8H,6H2,2-4H3;4-8H,2-3H2,1H3;4H,2-3,6H2,1H3,(H,7,8)(H,9,10). The number of aromatic nitrogens is 3. The number of aliphatic carboxylic acids is 1. The van der Waals surface area contributed by atoms with Gasteiger partial charge in [-0.3, -0.25) is 14.2 Å². The van der Waals surface area contributed by atoms with E-state index in [0.717, 1.165) is 29.8 Å². The molecule has 0 amide bonds. The number of sulfone groups is 1. The Morgan fingerprint density at radius 1 is 1.16 bits per heavy atom. The molecule has 0 aliphatic heterocycles. The smallest absolute Gasteiger partial charge is 0.442 e. The molecular weight excluding hydrogens is 843 g/mol. The van der Waals surface area contributed by atoms with Gasteiger partial charge >= 0.3 is 17.9 Å². The average Bonchev–Trinajstić information content (AvgIpc) is 3.68. The molecule has 310 valence electrons. The Morgan fingerprint density at radius 3 is 2.28 bits per heavy atom. The number of nitrogens with zero attached hydrogens (tertiary/aromatic N) is 3. The van der Waals surface area contributed by atoms with Gasteiger partial charge in [0.2, 0.25) is 5.89 Å². The molecule has 1 fully saturated rings. The lowest BCUT2D eigenvalue weighted by Gasteiger charge is -2.11. The van der Waals surface area contributed by atoms with Crippen LogP contribution in [0.2, 0.25) is 10.0 Å². The fourth-order valence-corrected chi connectivity index (χ4v) is 6.72. The van der Waals surface area contributed by atoms with Crippen LogP contribution in [-0.2, 0) is 30.8 Å². The van der Waals surface area contributed by atoms with Crippen molar-refractivity contribution in [1.29, 1.82) is 0 Å². The van der Waals surface area contributed by atoms with E-state index >= 15 is 0 Å². The van der Waals surface area contributed by atoms with Crippen LogP contribution in [0.15, 0.2) is 55.2 Å². The summed E-state index contributed by atoms with van der Waals surface area (Å²) in [6.07, 6.45) is 4.01. The predicted octanol–water partition coefficient (Wildman–Crippen LogP) is 6.34. The number of halogens is 5. The highest BCUT2D eigenvalue weighted by Crippen LogP contribution is 2.42. The Labute approximate surface area is 334 Å². The van der Waals surface area contributed by atoms with E-state index in [1.165, 1.54) is 25.0 Å². The zero-order chi connectivity index (χ0) is 43.3. The molecule has 22 heteroatoms. The largest absolute Gasteiger partial charge is 0.480 e. The highest BCUT2D eigenvalue weighted by atomic mass is 35.5. The molecule has 0 bridgehead atoms. The molecule has 0 spiro atoms. The average molecular weight is 882 g/mol. The predicted molar refractivity (Wildman–Crippen MR) is 202 cm³/mol. The van der Waals surface area contributed by atoms with Crippen molar-refractivity contribution in [2.75, 3.05) is 25.7 Å². The Kier molecular flexibility index (Phi) is 15.2. The van der Waals surface area contributed by atoms with Crippen LogP contribution in [-0.4, -0.2) is 76.8 Å². The van der Waals surface area contributed by atoms with Crippen LogP contribution in [0.4, 0.5) is 13.2 Å². The first-order chi connectivity index (χ1) is 26.1. The molecule has 5 rings (SSSR count). The molecular formula is C35H38Cl2F3N4O11PS. The topological polar surface area (TPSA) is 235 Å². The molecule has 57 heavy (non-hydrogen) atoms. The summed E-state index contributed by atoms with van der Waals surface area (Å²) in [5.41, 5.74) is 3.62. The van der Waals surface area contributed by atoms with E-state index in [1.54, 1.807) is 0 Å². The van der Waals surface area contributed by atoms with Gasteiger partial charge in [-0.25, -0.2) is 13.2 Å². The van der Waals surface area contributed by atoms with E-state index in [1.807, 2.05) is 20.8 Å². The molecule has 0 saturated heterocycles. The fourth-order valence-electron chi connectivity index (χ4n) is 4.54. The minimum absolute atomic E-state index is 0.0412. The third kappa shape index (κ3) is 13.3. The van der Waals surface area contributed by atoms with Crippen molar-refractivity contribution in [1.82, 2.24) is 14.9 Å². The van der Waals surface area contributed by atoms with E-state index in [0.29, 0.717) is 35.2 Å². The summed E-state index contributed by atoms with van der Waals surface area (Å²) in [7, 11) is -7.14. The van der Waals surface area contributed by atoms with Gasteiger partial charge in [-0.2, -0.15) is 17.9 Å². The van der Waals surface area contributed by atoms with Crippen LogP contribution < -0.4 is 16.2 Å². The summed E-state index contributed by atoms with van der Waals surface area (Å²) < 4.78 is 89.5. The molecule has 1 aliphatic carbocycles. The summed E-state index contributed by atoms with van der Waals surface area (Å²) in [6, 6.07) is 3.97. The number of hydrogen-bond acceptors (Lipinski definition) is 12. The number of nitrogens with two attached hydrogens (primary N) is 1. The lowest BCUT2D eigenvalue weighted by molar-refractivity contribution is -0.139. The van der Waals surface area contributed by atoms with Crippen molar-refractivity contribution in [3.05, 3.63) is 85.5 Å². The summed E-state index contributed by atoms with van der Waals surface area (Å²) >= 11 is 12.2. The minimum atomic E-state index is -4.71. The second kappa shape index (κ2) is 18.4. The molecule has 2 unspecified atom stereocenters. The second-order valence-corrected chi connectivity index (χ2v) is 19.1. The van der Waals surface area contributed by atoms with Gasteiger partial charge in [0.15, 0.2) is 28.7 Å². The third-order valence-corrected chi connectivity index (χ3v) is 10.5. The number of alkyl halides is 3. The number of carbonyl (C=O) groups excluding carboxylic acids is 1. The van der Waals surface area contributed by atoms with E-state index in [2.05, 4.69) is 16.2 Å². The number of hydrogen-bond donors (Lipinski definition) is 3. The molecule has 4 aromatic rings. The van der Waals surface area contributed by atoms with E-state index in [-0.39, 0.29) is 46.3 Å². The first kappa shape index (κ1) is 46.9. The lowest BCUT2D eigenvalue weighted by atomic mass is 9.97. The van der Waals surface area contributed by atoms with Crippen LogP contribution in [0.3, 0.4) is 0 Å². The van der Waals surface area contributed by atoms with Crippen LogP contribution in [0.1, 0.15) is 79.1 Å². The van der Waals surface area contributed by atoms with Crippen molar-refractivity contribution in [2.24, 2.45) is 5.73 Å². The van der Waals surface area contributed by atoms with Crippen LogP contribution >= 0.6 is 30.6 Å². The molecule has 2 atom stereocenters. The number of ether oxygens (including phenoxy) is 1. The van der Waals surface area contributed by atoms with Gasteiger partial charge in [0.1, 0.15) is 18.4 Å². The van der Waals surface area contributed by atoms with Gasteiger partial charge in [0, 0.05) is 42.0 Å². The van der Waals surface area contributed by atoms with Gasteiger partial charge in [-0.05, 0) is 43.5 Å². The molecule has 0 radical (unpaired) electrons. The van der Waals surface area contributed by atoms with Gasteiger partial charge in [0.05, 0.1) is 38.0 Å². The number of carbonyl (C=O) groups is 2. The Bertz CT molecular complexity index is 2370. The van der Waals surface area contributed by atoms with Gasteiger partial charge in [-0.1, -0.05) is 55.1 Å². The molecule has 2 aromatic carbocycles. The Morgan fingerprint density at radius 2 is 1.79 bits per heavy atom. The van der Waals surface area contributed by atoms with Crippen molar-refractivity contribution in [3.63, 3.8) is 0 Å². The summed E-state index contributed by atoms with van der Waals surface area (Å²) in [4.78, 5) is 42.9. The maximum atomic E-state index is 12.8. The highest BCUT2D eigenvalue weighted by Gasteiger charge is 2.36. The minimum Gasteiger partial charge on any atom is -0.480 e. The first-order valence-electron chi connectivity index (χ1n) is 16.5. The Hall–Kier alpha value is -4.44. The normalized spacial score (nSPS) is 14.5. The first-order valence-corrected chi connectivity index (χ1v) is 21.4. The van der Waals surface area contributed by atoms with Crippen LogP contribution in [0.5, 0.6) is 5.75 Å². The Balaban J connectivity index is 0.000000245. The van der Waals surface area contributed by atoms with Crippen LogP contribution in [0.25, 0.3) is 5.69 Å². The van der Waals surface area contributed by atoms with Gasteiger partial charge < -0.3 is 29.4 Å². The number of rotatable bonds is 11. The molecule has 2 heterocycles.